The van der Waals surface area contributed by atoms with Crippen LogP contribution in [0, 0.1) is 5.92 Å². The average Bonchev–Trinajstić information content (AvgIpc) is 3.03. The molecule has 1 aliphatic rings. The summed E-state index contributed by atoms with van der Waals surface area (Å²) in [7, 11) is 0. The van der Waals surface area contributed by atoms with Crippen molar-refractivity contribution in [3.63, 3.8) is 0 Å². The molecule has 0 fully saturated rings. The fraction of sp³-hybridized carbons (Fsp3) is 0.350. The number of hydrogen-bond acceptors (Lipinski definition) is 6. The van der Waals surface area contributed by atoms with Crippen molar-refractivity contribution >= 4 is 39.1 Å². The van der Waals surface area contributed by atoms with Gasteiger partial charge in [0.15, 0.2) is 6.61 Å². The SMILES string of the molecule is C[C@H]1CCc2c(sc3nc(COC(=O)COc4ccc(Cl)cc4)[nH]c(=O)c23)C1. The van der Waals surface area contributed by atoms with Crippen LogP contribution in [0.15, 0.2) is 29.1 Å². The maximum Gasteiger partial charge on any atom is 0.344 e. The summed E-state index contributed by atoms with van der Waals surface area (Å²) < 4.78 is 10.5. The molecule has 1 N–H and O–H groups in total. The summed E-state index contributed by atoms with van der Waals surface area (Å²) in [6.07, 6.45) is 2.99. The lowest BCUT2D eigenvalue weighted by atomic mass is 9.89. The number of benzene rings is 1. The smallest absolute Gasteiger partial charge is 0.344 e. The lowest BCUT2D eigenvalue weighted by Gasteiger charge is -2.17. The molecule has 2 heterocycles. The molecule has 0 saturated heterocycles. The number of rotatable bonds is 5. The second-order valence-corrected chi connectivity index (χ2v) is 8.47. The number of halogens is 1. The van der Waals surface area contributed by atoms with Crippen LogP contribution in [0.2, 0.25) is 5.02 Å². The van der Waals surface area contributed by atoms with Crippen LogP contribution in [0.5, 0.6) is 5.75 Å². The zero-order valence-electron chi connectivity index (χ0n) is 15.3. The predicted octanol–water partition coefficient (Wildman–Crippen LogP) is 3.89. The first-order valence-electron chi connectivity index (χ1n) is 9.07. The van der Waals surface area contributed by atoms with Crippen LogP contribution >= 0.6 is 22.9 Å². The molecule has 0 saturated carbocycles. The van der Waals surface area contributed by atoms with Crippen molar-refractivity contribution in [2.75, 3.05) is 6.61 Å². The van der Waals surface area contributed by atoms with Gasteiger partial charge in [0.1, 0.15) is 23.0 Å². The summed E-state index contributed by atoms with van der Waals surface area (Å²) >= 11 is 7.37. The first-order chi connectivity index (χ1) is 13.5. The molecule has 0 amide bonds. The topological polar surface area (TPSA) is 81.3 Å². The Bertz CT molecular complexity index is 1070. The molecule has 0 radical (unpaired) electrons. The van der Waals surface area contributed by atoms with E-state index >= 15 is 0 Å². The fourth-order valence-corrected chi connectivity index (χ4v) is 4.85. The maximum absolute atomic E-state index is 12.5. The van der Waals surface area contributed by atoms with Gasteiger partial charge in [-0.3, -0.25) is 4.79 Å². The van der Waals surface area contributed by atoms with E-state index in [4.69, 9.17) is 21.1 Å². The number of carbonyl (C=O) groups is 1. The summed E-state index contributed by atoms with van der Waals surface area (Å²) in [5.41, 5.74) is 0.965. The Labute approximate surface area is 170 Å². The quantitative estimate of drug-likeness (QED) is 0.636. The van der Waals surface area contributed by atoms with Crippen LogP contribution in [0.3, 0.4) is 0 Å². The Morgan fingerprint density at radius 2 is 2.14 bits per heavy atom. The second kappa shape index (κ2) is 7.93. The molecule has 6 nitrogen and oxygen atoms in total. The number of thiophene rings is 1. The monoisotopic (exact) mass is 418 g/mol. The Morgan fingerprint density at radius 3 is 2.93 bits per heavy atom. The van der Waals surface area contributed by atoms with E-state index in [0.29, 0.717) is 32.7 Å². The predicted molar refractivity (Wildman–Crippen MR) is 108 cm³/mol. The van der Waals surface area contributed by atoms with Crippen LogP contribution < -0.4 is 10.3 Å². The van der Waals surface area contributed by atoms with Crippen LogP contribution in [0.1, 0.15) is 29.6 Å². The minimum Gasteiger partial charge on any atom is -0.482 e. The van der Waals surface area contributed by atoms with E-state index in [0.717, 1.165) is 24.8 Å². The summed E-state index contributed by atoms with van der Waals surface area (Å²) in [4.78, 5) is 33.6. The molecular weight excluding hydrogens is 400 g/mol. The first kappa shape index (κ1) is 19.0. The number of H-pyrrole nitrogens is 1. The van der Waals surface area contributed by atoms with E-state index in [9.17, 15) is 9.59 Å². The summed E-state index contributed by atoms with van der Waals surface area (Å²) in [6, 6.07) is 6.69. The van der Waals surface area contributed by atoms with Gasteiger partial charge >= 0.3 is 5.97 Å². The third-order valence-electron chi connectivity index (χ3n) is 4.75. The largest absolute Gasteiger partial charge is 0.482 e. The lowest BCUT2D eigenvalue weighted by molar-refractivity contribution is -0.147. The second-order valence-electron chi connectivity index (χ2n) is 6.95. The number of aromatic amines is 1. The zero-order valence-corrected chi connectivity index (χ0v) is 16.9. The standard InChI is InChI=1S/C20H19ClN2O4S/c1-11-2-7-14-15(8-11)28-20-18(14)19(25)22-16(23-20)9-27-17(24)10-26-13-5-3-12(21)4-6-13/h3-6,11H,2,7-10H2,1H3,(H,22,23,25)/t11-/m0/s1. The van der Waals surface area contributed by atoms with Gasteiger partial charge in [-0.25, -0.2) is 9.78 Å². The molecule has 1 aromatic carbocycles. The van der Waals surface area contributed by atoms with Gasteiger partial charge in [0.05, 0.1) is 5.39 Å². The Balaban J connectivity index is 1.41. The van der Waals surface area contributed by atoms with Gasteiger partial charge in [-0.15, -0.1) is 11.3 Å². The normalized spacial score (nSPS) is 16.0. The van der Waals surface area contributed by atoms with Crippen molar-refractivity contribution in [1.29, 1.82) is 0 Å². The molecule has 28 heavy (non-hydrogen) atoms. The third-order valence-corrected chi connectivity index (χ3v) is 6.15. The van der Waals surface area contributed by atoms with Gasteiger partial charge in [-0.05, 0) is 55.0 Å². The van der Waals surface area contributed by atoms with Crippen molar-refractivity contribution in [3.05, 3.63) is 55.9 Å². The summed E-state index contributed by atoms with van der Waals surface area (Å²) in [6.45, 7) is 1.88. The van der Waals surface area contributed by atoms with E-state index in [1.807, 2.05) is 0 Å². The number of nitrogens with one attached hydrogen (secondary N) is 1. The molecule has 0 unspecified atom stereocenters. The number of nitrogens with zero attached hydrogens (tertiary/aromatic N) is 1. The van der Waals surface area contributed by atoms with Crippen LogP contribution in [-0.2, 0) is 29.0 Å². The highest BCUT2D eigenvalue weighted by Crippen LogP contribution is 2.35. The van der Waals surface area contributed by atoms with Crippen molar-refractivity contribution in [2.45, 2.75) is 32.8 Å². The van der Waals surface area contributed by atoms with E-state index in [-0.39, 0.29) is 18.8 Å². The third kappa shape index (κ3) is 4.05. The van der Waals surface area contributed by atoms with Crippen molar-refractivity contribution in [1.82, 2.24) is 9.97 Å². The molecule has 0 spiro atoms. The van der Waals surface area contributed by atoms with Gasteiger partial charge < -0.3 is 14.5 Å². The Kier molecular flexibility index (Phi) is 5.37. The van der Waals surface area contributed by atoms with Gasteiger partial charge in [0.2, 0.25) is 0 Å². The molecule has 1 atom stereocenters. The van der Waals surface area contributed by atoms with Crippen LogP contribution in [0.4, 0.5) is 0 Å². The summed E-state index contributed by atoms with van der Waals surface area (Å²) in [5.74, 6) is 0.939. The van der Waals surface area contributed by atoms with Gasteiger partial charge in [0, 0.05) is 9.90 Å². The molecule has 8 heteroatoms. The van der Waals surface area contributed by atoms with E-state index < -0.39 is 5.97 Å². The van der Waals surface area contributed by atoms with E-state index in [2.05, 4.69) is 16.9 Å². The van der Waals surface area contributed by atoms with Crippen molar-refractivity contribution < 1.29 is 14.3 Å². The van der Waals surface area contributed by atoms with Crippen molar-refractivity contribution in [2.24, 2.45) is 5.92 Å². The van der Waals surface area contributed by atoms with Gasteiger partial charge in [-0.2, -0.15) is 0 Å². The number of fused-ring (bicyclic) bond motifs is 3. The molecule has 3 aromatic rings. The lowest BCUT2D eigenvalue weighted by Crippen LogP contribution is -2.18. The minimum atomic E-state index is -0.544. The molecular formula is C20H19ClN2O4S. The molecule has 0 bridgehead atoms. The maximum atomic E-state index is 12.5. The Hall–Kier alpha value is -2.38. The van der Waals surface area contributed by atoms with Crippen molar-refractivity contribution in [3.8, 4) is 5.75 Å². The molecule has 4 rings (SSSR count). The molecule has 1 aliphatic carbocycles. The first-order valence-corrected chi connectivity index (χ1v) is 10.3. The minimum absolute atomic E-state index is 0.104. The highest BCUT2D eigenvalue weighted by Gasteiger charge is 2.23. The Morgan fingerprint density at radius 1 is 1.36 bits per heavy atom. The molecule has 2 aromatic heterocycles. The van der Waals surface area contributed by atoms with Crippen LogP contribution in [-0.4, -0.2) is 22.5 Å². The van der Waals surface area contributed by atoms with Gasteiger partial charge in [0.25, 0.3) is 5.56 Å². The van der Waals surface area contributed by atoms with Gasteiger partial charge in [-0.1, -0.05) is 18.5 Å². The number of carbonyl (C=O) groups excluding carboxylic acids is 1. The van der Waals surface area contributed by atoms with E-state index in [1.54, 1.807) is 35.6 Å². The average molecular weight is 419 g/mol. The number of ether oxygens (including phenoxy) is 2. The molecule has 146 valence electrons. The highest BCUT2D eigenvalue weighted by molar-refractivity contribution is 7.18. The van der Waals surface area contributed by atoms with E-state index in [1.165, 1.54) is 4.88 Å². The zero-order chi connectivity index (χ0) is 19.7. The summed E-state index contributed by atoms with van der Waals surface area (Å²) in [5, 5.41) is 1.28. The number of aromatic nitrogens is 2. The number of hydrogen-bond donors (Lipinski definition) is 1. The fourth-order valence-electron chi connectivity index (χ4n) is 3.33. The highest BCUT2D eigenvalue weighted by atomic mass is 35.5. The van der Waals surface area contributed by atoms with Crippen LogP contribution in [0.25, 0.3) is 10.2 Å². The number of esters is 1. The number of aryl methyl sites for hydroxylation is 1. The molecule has 0 aliphatic heterocycles.